The summed E-state index contributed by atoms with van der Waals surface area (Å²) < 4.78 is 31.6. The van der Waals surface area contributed by atoms with E-state index in [1.54, 1.807) is 6.08 Å². The van der Waals surface area contributed by atoms with Crippen LogP contribution in [0.15, 0.2) is 23.6 Å². The van der Waals surface area contributed by atoms with E-state index in [-0.39, 0.29) is 37.0 Å². The fraction of sp³-hybridized carbons (Fsp3) is 0.636. The molecule has 0 aromatic rings. The molecule has 35 heavy (non-hydrogen) atoms. The first kappa shape index (κ1) is 29.6. The molecule has 4 unspecified atom stereocenters. The third kappa shape index (κ3) is 11.0. The number of carbonyl (C=O) groups is 4. The first-order valence-electron chi connectivity index (χ1n) is 10.9. The van der Waals surface area contributed by atoms with Crippen molar-refractivity contribution in [3.8, 4) is 0 Å². The molecule has 0 spiro atoms. The van der Waals surface area contributed by atoms with Crippen molar-refractivity contribution in [2.75, 3.05) is 19.8 Å². The topological polar surface area (TPSA) is 167 Å². The number of hydrogen-bond donors (Lipinski definition) is 0. The van der Waals surface area contributed by atoms with Crippen LogP contribution in [0.3, 0.4) is 0 Å². The lowest BCUT2D eigenvalue weighted by atomic mass is 9.95. The number of ether oxygens (including phenoxy) is 6. The van der Waals surface area contributed by atoms with Gasteiger partial charge in [0.1, 0.15) is 13.2 Å². The van der Waals surface area contributed by atoms with Gasteiger partial charge in [0.2, 0.25) is 12.4 Å². The molecule has 1 aliphatic carbocycles. The molecule has 0 fully saturated rings. The lowest BCUT2D eigenvalue weighted by Gasteiger charge is -2.32. The summed E-state index contributed by atoms with van der Waals surface area (Å²) >= 11 is 0. The van der Waals surface area contributed by atoms with E-state index in [0.29, 0.717) is 6.42 Å². The molecule has 0 aromatic heterocycles. The number of nitrogens with zero attached hydrogens (tertiary/aromatic N) is 1. The number of rotatable bonds is 14. The molecule has 0 heterocycles. The summed E-state index contributed by atoms with van der Waals surface area (Å²) in [6.45, 7) is 5.38. The average molecular weight is 501 g/mol. The van der Waals surface area contributed by atoms with Crippen molar-refractivity contribution < 1.29 is 52.5 Å². The van der Waals surface area contributed by atoms with Gasteiger partial charge in [0.15, 0.2) is 11.9 Å². The molecule has 13 heteroatoms. The maximum Gasteiger partial charge on any atom is 0.303 e. The maximum atomic E-state index is 11.9. The first-order chi connectivity index (χ1) is 16.4. The molecule has 1 aliphatic rings. The molecule has 13 nitrogen and oxygen atoms in total. The summed E-state index contributed by atoms with van der Waals surface area (Å²) in [4.78, 5) is 57.1. The van der Waals surface area contributed by atoms with Gasteiger partial charge in [-0.25, -0.2) is 0 Å². The number of nitro groups is 1. The summed E-state index contributed by atoms with van der Waals surface area (Å²) in [5.74, 6) is -3.10. The molecule has 0 N–H and O–H groups in total. The standard InChI is InChI=1S/C22H31NO12/c1-6-17-7-8-19(18(11-17)23(28)29)35-22(31-10-9-30-13(2)24)21(34-16(5)27)20(33-15(4)26)12-32-14(3)25/h7-8,17,20-22H,6,9-12H2,1-5H3. The summed E-state index contributed by atoms with van der Waals surface area (Å²) in [7, 11) is 0. The van der Waals surface area contributed by atoms with Crippen molar-refractivity contribution in [1.29, 1.82) is 0 Å². The van der Waals surface area contributed by atoms with Crippen molar-refractivity contribution in [3.05, 3.63) is 33.7 Å². The van der Waals surface area contributed by atoms with Crippen LogP contribution in [0.2, 0.25) is 0 Å². The molecule has 1 rings (SSSR count). The van der Waals surface area contributed by atoms with Crippen molar-refractivity contribution >= 4 is 23.9 Å². The van der Waals surface area contributed by atoms with E-state index in [1.165, 1.54) is 13.0 Å². The largest absolute Gasteiger partial charge is 0.463 e. The molecule has 0 saturated heterocycles. The van der Waals surface area contributed by atoms with Crippen LogP contribution in [0.25, 0.3) is 0 Å². The van der Waals surface area contributed by atoms with Crippen LogP contribution in [0.4, 0.5) is 0 Å². The third-order valence-corrected chi connectivity index (χ3v) is 4.62. The van der Waals surface area contributed by atoms with E-state index in [2.05, 4.69) is 0 Å². The lowest BCUT2D eigenvalue weighted by molar-refractivity contribution is -0.432. The van der Waals surface area contributed by atoms with E-state index in [4.69, 9.17) is 28.4 Å². The highest BCUT2D eigenvalue weighted by Gasteiger charge is 2.40. The second kappa shape index (κ2) is 14.7. The SMILES string of the molecule is CCC1C=CC(OC(OCCOC(C)=O)C(OC(C)=O)C(COC(C)=O)OC(C)=O)=C([N+](=O)[O-])C1. The number of hydrogen-bond acceptors (Lipinski definition) is 12. The lowest BCUT2D eigenvalue weighted by Crippen LogP contribution is -2.48. The second-order valence-electron chi connectivity index (χ2n) is 7.52. The van der Waals surface area contributed by atoms with Crippen molar-refractivity contribution in [3.63, 3.8) is 0 Å². The van der Waals surface area contributed by atoms with E-state index in [0.717, 1.165) is 20.8 Å². The van der Waals surface area contributed by atoms with Crippen LogP contribution in [-0.2, 0) is 47.6 Å². The molecule has 0 amide bonds. The van der Waals surface area contributed by atoms with E-state index in [9.17, 15) is 29.3 Å². The molecule has 0 bridgehead atoms. The summed E-state index contributed by atoms with van der Waals surface area (Å²) in [6, 6.07) is 0. The van der Waals surface area contributed by atoms with Gasteiger partial charge in [0.25, 0.3) is 5.70 Å². The third-order valence-electron chi connectivity index (χ3n) is 4.62. The molecule has 196 valence electrons. The number of allylic oxidation sites excluding steroid dienone is 3. The zero-order valence-electron chi connectivity index (χ0n) is 20.3. The maximum absolute atomic E-state index is 11.9. The monoisotopic (exact) mass is 501 g/mol. The minimum absolute atomic E-state index is 0.0758. The minimum atomic E-state index is -1.57. The average Bonchev–Trinajstić information content (AvgIpc) is 2.76. The Balaban J connectivity index is 3.36. The molecule has 0 aromatic carbocycles. The first-order valence-corrected chi connectivity index (χ1v) is 10.9. The number of esters is 4. The summed E-state index contributed by atoms with van der Waals surface area (Å²) in [6.07, 6.45) is -0.551. The van der Waals surface area contributed by atoms with Crippen molar-refractivity contribution in [1.82, 2.24) is 0 Å². The highest BCUT2D eigenvalue weighted by molar-refractivity contribution is 5.68. The highest BCUT2D eigenvalue weighted by atomic mass is 16.7. The Hall–Kier alpha value is -3.48. The van der Waals surface area contributed by atoms with Crippen molar-refractivity contribution in [2.24, 2.45) is 5.92 Å². The van der Waals surface area contributed by atoms with Gasteiger partial charge in [-0.2, -0.15) is 0 Å². The summed E-state index contributed by atoms with van der Waals surface area (Å²) in [5.41, 5.74) is -0.224. The Morgan fingerprint density at radius 2 is 1.63 bits per heavy atom. The zero-order valence-corrected chi connectivity index (χ0v) is 20.3. The van der Waals surface area contributed by atoms with E-state index < -0.39 is 53.9 Å². The van der Waals surface area contributed by atoms with Crippen LogP contribution in [0.1, 0.15) is 47.5 Å². The normalized spacial score (nSPS) is 17.6. The van der Waals surface area contributed by atoms with E-state index >= 15 is 0 Å². The van der Waals surface area contributed by atoms with Gasteiger partial charge in [-0.05, 0) is 18.4 Å². The van der Waals surface area contributed by atoms with Gasteiger partial charge < -0.3 is 28.4 Å². The molecule has 0 radical (unpaired) electrons. The van der Waals surface area contributed by atoms with Gasteiger partial charge in [-0.15, -0.1) is 0 Å². The van der Waals surface area contributed by atoms with Gasteiger partial charge >= 0.3 is 23.9 Å². The number of carbonyl (C=O) groups excluding carboxylic acids is 4. The van der Waals surface area contributed by atoms with Crippen LogP contribution in [0, 0.1) is 16.0 Å². The highest BCUT2D eigenvalue weighted by Crippen LogP contribution is 2.29. The Bertz CT molecular complexity index is 849. The van der Waals surface area contributed by atoms with Crippen LogP contribution in [0.5, 0.6) is 0 Å². The van der Waals surface area contributed by atoms with Gasteiger partial charge in [0, 0.05) is 34.1 Å². The molecule has 0 saturated carbocycles. The molecule has 4 atom stereocenters. The van der Waals surface area contributed by atoms with Gasteiger partial charge in [0.05, 0.1) is 11.5 Å². The molecule has 0 aliphatic heterocycles. The molecular formula is C22H31NO12. The second-order valence-corrected chi connectivity index (χ2v) is 7.52. The van der Waals surface area contributed by atoms with Gasteiger partial charge in [-0.3, -0.25) is 29.3 Å². The fourth-order valence-corrected chi connectivity index (χ4v) is 3.07. The Morgan fingerprint density at radius 1 is 1.00 bits per heavy atom. The van der Waals surface area contributed by atoms with Crippen LogP contribution < -0.4 is 0 Å². The predicted octanol–water partition coefficient (Wildman–Crippen LogP) is 1.81. The van der Waals surface area contributed by atoms with Gasteiger partial charge in [-0.1, -0.05) is 13.0 Å². The van der Waals surface area contributed by atoms with E-state index in [1.807, 2.05) is 6.92 Å². The summed E-state index contributed by atoms with van der Waals surface area (Å²) in [5, 5.41) is 11.7. The Morgan fingerprint density at radius 3 is 2.14 bits per heavy atom. The molecular weight excluding hydrogens is 470 g/mol. The zero-order chi connectivity index (χ0) is 26.5. The van der Waals surface area contributed by atoms with Crippen molar-refractivity contribution in [2.45, 2.75) is 66.0 Å². The predicted molar refractivity (Wildman–Crippen MR) is 117 cm³/mol. The Kier molecular flexibility index (Phi) is 12.4. The fourth-order valence-electron chi connectivity index (χ4n) is 3.07. The minimum Gasteiger partial charge on any atom is -0.463 e. The smallest absolute Gasteiger partial charge is 0.303 e. The quantitative estimate of drug-likeness (QED) is 0.0847. The van der Waals surface area contributed by atoms with Crippen LogP contribution in [-0.4, -0.2) is 67.1 Å². The Labute approximate surface area is 202 Å². The van der Waals surface area contributed by atoms with Crippen LogP contribution >= 0.6 is 0 Å².